The highest BCUT2D eigenvalue weighted by Crippen LogP contribution is 2.37. The van der Waals surface area contributed by atoms with Gasteiger partial charge < -0.3 is 175 Å². The average Bonchev–Trinajstić information content (AvgIpc) is 1.29. The molecular formula is C48H81N3O35. The lowest BCUT2D eigenvalue weighted by atomic mass is 9.93. The summed E-state index contributed by atoms with van der Waals surface area (Å²) in [6, 6.07) is -5.16. The Morgan fingerprint density at radius 2 is 0.709 bits per heavy atom. The second kappa shape index (κ2) is 30.5. The number of hydrogen-bond donors (Lipinski definition) is 22. The van der Waals surface area contributed by atoms with Crippen molar-refractivity contribution in [1.82, 2.24) is 16.0 Å². The minimum absolute atomic E-state index is 0.766. The van der Waals surface area contributed by atoms with Gasteiger partial charge in [-0.1, -0.05) is 0 Å². The van der Waals surface area contributed by atoms with Gasteiger partial charge in [0, 0.05) is 20.8 Å². The highest BCUT2D eigenvalue weighted by Gasteiger charge is 2.58. The van der Waals surface area contributed by atoms with Gasteiger partial charge >= 0.3 is 0 Å². The SMILES string of the molecule is CC(=O)N[C@H]1[C@H](O[C@H]2[C@H](O)[C@@H](NC(C)=O)C(O)O[C@@H]2CO[C@@H]2O[C@@H](C)[C@@H](O)[C@@H](O)[C@@H]2O)O[C@H](CO)[C@@H](O[C@@H]2O[C@H](CO[C@H]3O[C@H](CO)[C@@H](O)[C@H](O)[C@@H]3O[C@@H]3O[C@H](CO)[C@@H](O)[C@H](O)[C@H]3NC(C)=O)[C@@H](O)[C@H](O[C@H]3O[C@H](CO)[C@@H](O)[C@H](O)[C@@H]3O)[C@@H]2O)[C@@H]1O. The summed E-state index contributed by atoms with van der Waals surface area (Å²) in [6.07, 6.45) is -61.1. The smallest absolute Gasteiger partial charge is 0.217 e. The number of carbonyl (C=O) groups excluding carboxylic acids is 3. The molecule has 38 nitrogen and oxygen atoms in total. The largest absolute Gasteiger partial charge is 0.394 e. The van der Waals surface area contributed by atoms with E-state index in [-0.39, 0.29) is 0 Å². The van der Waals surface area contributed by atoms with Crippen molar-refractivity contribution in [3.8, 4) is 0 Å². The highest BCUT2D eigenvalue weighted by molar-refractivity contribution is 5.74. The maximum atomic E-state index is 12.9. The van der Waals surface area contributed by atoms with Crippen molar-refractivity contribution in [2.24, 2.45) is 0 Å². The standard InChI is InChI=1S/C48H81N3O35/c1-11-24(59)32(67)35(70)45(76-11)74-10-20-39(30(65)21(42(73)77-20)49-12(2)56)83-44-23(51-14(4)58)31(66)38(18(8-55)81-44)84-47-37(72)40(85-46-36(71)33(68)26(61)16(6-53)79-46)28(63)19(82-47)9-75-48-41(34(69)27(62)17(7-54)80-48)86-43-22(50-13(3)57)29(64)25(60)15(5-52)78-43/h11,15-48,52-55,59-73H,5-10H2,1-4H3,(H,49,56)(H,50,57)(H,51,58)/t11-,15+,16+,17+,18+,19+,20+,21+,22+,23+,24+,25+,26+,27+,28+,29+,30+,31+,32+,33-,34-,35-,36-,37-,38+,39+,40-,41-,42?,43-,44-,45+,46+,47-,48-/m0/s1. The number of rotatable bonds is 21. The fraction of sp³-hybridized carbons (Fsp3) is 0.938. The minimum atomic E-state index is -2.34. The quantitative estimate of drug-likeness (QED) is 0.0507. The van der Waals surface area contributed by atoms with E-state index < -0.39 is 272 Å². The zero-order valence-corrected chi connectivity index (χ0v) is 46.5. The molecule has 7 aliphatic rings. The molecule has 7 aliphatic heterocycles. The van der Waals surface area contributed by atoms with Crippen molar-refractivity contribution in [3.63, 3.8) is 0 Å². The monoisotopic (exact) mass is 1260 g/mol. The van der Waals surface area contributed by atoms with E-state index >= 15 is 0 Å². The van der Waals surface area contributed by atoms with Crippen LogP contribution in [0.3, 0.4) is 0 Å². The molecule has 0 spiro atoms. The van der Waals surface area contributed by atoms with Gasteiger partial charge in [-0.2, -0.15) is 0 Å². The summed E-state index contributed by atoms with van der Waals surface area (Å²) < 4.78 is 75.7. The zero-order valence-electron chi connectivity index (χ0n) is 46.5. The predicted octanol–water partition coefficient (Wildman–Crippen LogP) is -14.8. The second-order valence-electron chi connectivity index (χ2n) is 21.8. The molecule has 0 aliphatic carbocycles. The van der Waals surface area contributed by atoms with Crippen LogP contribution in [-0.4, -0.2) is 369 Å². The molecule has 3 amide bonds. The van der Waals surface area contributed by atoms with E-state index in [1.807, 2.05) is 0 Å². The normalized spacial score (nSPS) is 49.4. The van der Waals surface area contributed by atoms with Gasteiger partial charge in [0.1, 0.15) is 165 Å². The Morgan fingerprint density at radius 1 is 0.326 bits per heavy atom. The summed E-state index contributed by atoms with van der Waals surface area (Å²) in [6.45, 7) is -1.39. The average molecular weight is 1260 g/mol. The van der Waals surface area contributed by atoms with Gasteiger partial charge in [0.05, 0.1) is 45.7 Å². The second-order valence-corrected chi connectivity index (χ2v) is 21.8. The van der Waals surface area contributed by atoms with Crippen molar-refractivity contribution in [2.45, 2.75) is 242 Å². The molecule has 35 atom stereocenters. The first-order valence-electron chi connectivity index (χ1n) is 27.5. The highest BCUT2D eigenvalue weighted by atomic mass is 16.8. The Hall–Kier alpha value is -2.87. The summed E-state index contributed by atoms with van der Waals surface area (Å²) >= 11 is 0. The summed E-state index contributed by atoms with van der Waals surface area (Å²) in [5.41, 5.74) is 0. The lowest BCUT2D eigenvalue weighted by Gasteiger charge is -2.50. The Kier molecular flexibility index (Phi) is 25.0. The minimum Gasteiger partial charge on any atom is -0.394 e. The number of aliphatic hydroxyl groups excluding tert-OH is 19. The van der Waals surface area contributed by atoms with Crippen LogP contribution in [0.5, 0.6) is 0 Å². The van der Waals surface area contributed by atoms with Crippen LogP contribution in [-0.2, 0) is 76.0 Å². The van der Waals surface area contributed by atoms with Crippen molar-refractivity contribution >= 4 is 17.7 Å². The molecule has 0 saturated carbocycles. The molecule has 0 aromatic rings. The predicted molar refractivity (Wildman–Crippen MR) is 265 cm³/mol. The van der Waals surface area contributed by atoms with Crippen molar-refractivity contribution in [1.29, 1.82) is 0 Å². The van der Waals surface area contributed by atoms with E-state index in [2.05, 4.69) is 16.0 Å². The molecule has 0 bridgehead atoms. The van der Waals surface area contributed by atoms with Crippen LogP contribution >= 0.6 is 0 Å². The van der Waals surface area contributed by atoms with Gasteiger partial charge in [-0.25, -0.2) is 0 Å². The Morgan fingerprint density at radius 3 is 1.28 bits per heavy atom. The molecule has 7 saturated heterocycles. The maximum absolute atomic E-state index is 12.9. The Bertz CT molecular complexity index is 2170. The van der Waals surface area contributed by atoms with Gasteiger partial charge in [-0.05, 0) is 6.92 Å². The molecule has 1 unspecified atom stereocenters. The van der Waals surface area contributed by atoms with Crippen LogP contribution in [0.4, 0.5) is 0 Å². The first-order valence-corrected chi connectivity index (χ1v) is 27.5. The van der Waals surface area contributed by atoms with Crippen molar-refractivity contribution in [2.75, 3.05) is 39.6 Å². The molecule has 498 valence electrons. The zero-order chi connectivity index (χ0) is 63.5. The van der Waals surface area contributed by atoms with Gasteiger partial charge in [-0.3, -0.25) is 14.4 Å². The van der Waals surface area contributed by atoms with E-state index in [9.17, 15) is 111 Å². The van der Waals surface area contributed by atoms with Crippen LogP contribution in [0.15, 0.2) is 0 Å². The van der Waals surface area contributed by atoms with Gasteiger partial charge in [-0.15, -0.1) is 0 Å². The van der Waals surface area contributed by atoms with Crippen LogP contribution in [0, 0.1) is 0 Å². The third kappa shape index (κ3) is 15.5. The molecule has 0 aromatic heterocycles. The summed E-state index contributed by atoms with van der Waals surface area (Å²) in [7, 11) is 0. The van der Waals surface area contributed by atoms with Gasteiger partial charge in [0.15, 0.2) is 44.0 Å². The molecule has 0 radical (unpaired) electrons. The fourth-order valence-electron chi connectivity index (χ4n) is 10.9. The Balaban J connectivity index is 1.17. The Labute approximate surface area is 488 Å². The van der Waals surface area contributed by atoms with Crippen LogP contribution in [0.25, 0.3) is 0 Å². The third-order valence-corrected chi connectivity index (χ3v) is 15.7. The van der Waals surface area contributed by atoms with Crippen LogP contribution < -0.4 is 16.0 Å². The summed E-state index contributed by atoms with van der Waals surface area (Å²) in [5, 5.41) is 214. The van der Waals surface area contributed by atoms with E-state index in [4.69, 9.17) is 61.6 Å². The number of carbonyl (C=O) groups is 3. The summed E-state index contributed by atoms with van der Waals surface area (Å²) in [4.78, 5) is 37.3. The van der Waals surface area contributed by atoms with Crippen molar-refractivity contribution in [3.05, 3.63) is 0 Å². The fourth-order valence-corrected chi connectivity index (χ4v) is 10.9. The van der Waals surface area contributed by atoms with Crippen LogP contribution in [0.1, 0.15) is 27.7 Å². The molecule has 7 heterocycles. The molecular weight excluding hydrogens is 1180 g/mol. The van der Waals surface area contributed by atoms with E-state index in [1.165, 1.54) is 6.92 Å². The van der Waals surface area contributed by atoms with E-state index in [0.717, 1.165) is 20.8 Å². The van der Waals surface area contributed by atoms with E-state index in [1.54, 1.807) is 0 Å². The van der Waals surface area contributed by atoms with Crippen molar-refractivity contribution < 1.29 is 173 Å². The molecule has 0 aromatic carbocycles. The van der Waals surface area contributed by atoms with Gasteiger partial charge in [0.2, 0.25) is 17.7 Å². The molecule has 38 heteroatoms. The lowest BCUT2D eigenvalue weighted by molar-refractivity contribution is -0.387. The topological polar surface area (TPSA) is 592 Å². The number of nitrogens with one attached hydrogen (secondary N) is 3. The summed E-state index contributed by atoms with van der Waals surface area (Å²) in [5.74, 6) is -2.46. The molecule has 7 rings (SSSR count). The molecule has 7 fully saturated rings. The third-order valence-electron chi connectivity index (χ3n) is 15.7. The number of amides is 3. The van der Waals surface area contributed by atoms with E-state index in [0.29, 0.717) is 0 Å². The number of aliphatic hydroxyl groups is 19. The number of ether oxygens (including phenoxy) is 13. The van der Waals surface area contributed by atoms with Gasteiger partial charge in [0.25, 0.3) is 0 Å². The lowest BCUT2D eigenvalue weighted by Crippen LogP contribution is -2.70. The number of hydrogen-bond acceptors (Lipinski definition) is 35. The first-order chi connectivity index (χ1) is 40.6. The molecule has 22 N–H and O–H groups in total. The maximum Gasteiger partial charge on any atom is 0.217 e. The van der Waals surface area contributed by atoms with Crippen LogP contribution in [0.2, 0.25) is 0 Å². The first kappa shape index (κ1) is 70.6. The molecule has 86 heavy (non-hydrogen) atoms.